The minimum absolute atomic E-state index is 0.0955. The number of allylic oxidation sites excluding steroid dienone is 14. The average molecular weight is 1090 g/mol. The molecule has 0 aliphatic carbocycles. The number of hydrogen-bond acceptors (Lipinski definition) is 6. The molecule has 0 aromatic rings. The van der Waals surface area contributed by atoms with Crippen LogP contribution in [0.15, 0.2) is 85.1 Å². The molecule has 0 spiro atoms. The van der Waals surface area contributed by atoms with E-state index in [-0.39, 0.29) is 37.5 Å². The molecule has 0 N–H and O–H groups in total. The summed E-state index contributed by atoms with van der Waals surface area (Å²) in [5, 5.41) is 0. The Morgan fingerprint density at radius 1 is 0.269 bits per heavy atom. The van der Waals surface area contributed by atoms with E-state index in [0.717, 1.165) is 89.9 Å². The van der Waals surface area contributed by atoms with Crippen molar-refractivity contribution < 1.29 is 28.6 Å². The van der Waals surface area contributed by atoms with Gasteiger partial charge >= 0.3 is 17.9 Å². The standard InChI is InChI=1S/C72H126O6/c1-4-7-10-13-16-19-22-25-27-29-31-33-35-36-38-39-41-43-45-47-50-53-56-59-62-65-71(74)77-68-69(67-76-70(73)64-61-58-55-52-49-24-21-18-15-12-9-6-3)78-72(75)66-63-60-57-54-51-48-46-44-42-40-37-34-32-30-28-26-23-20-17-14-11-8-5-2/h8,11,17,20,26,28,32,34,40,42,46,48,54,57,69H,4-7,9-10,12-16,18-19,21-25,27,29-31,33,35-39,41,43-45,47,49-53,55-56,58-68H2,1-3H3/b11-8-,20-17-,28-26-,34-32-,42-40-,48-46-,57-54-. The van der Waals surface area contributed by atoms with Crippen molar-refractivity contribution in [3.8, 4) is 0 Å². The van der Waals surface area contributed by atoms with Crippen LogP contribution in [-0.4, -0.2) is 37.2 Å². The van der Waals surface area contributed by atoms with Gasteiger partial charge in [0.1, 0.15) is 13.2 Å². The molecule has 0 saturated heterocycles. The summed E-state index contributed by atoms with van der Waals surface area (Å²) in [5.74, 6) is -0.939. The fourth-order valence-electron chi connectivity index (χ4n) is 9.67. The molecule has 0 rings (SSSR count). The van der Waals surface area contributed by atoms with E-state index in [1.54, 1.807) is 0 Å². The van der Waals surface area contributed by atoms with E-state index in [1.165, 1.54) is 199 Å². The van der Waals surface area contributed by atoms with E-state index in [0.29, 0.717) is 19.3 Å². The van der Waals surface area contributed by atoms with Gasteiger partial charge in [-0.15, -0.1) is 0 Å². The molecule has 0 fully saturated rings. The van der Waals surface area contributed by atoms with Gasteiger partial charge in [-0.25, -0.2) is 0 Å². The molecule has 78 heavy (non-hydrogen) atoms. The van der Waals surface area contributed by atoms with Crippen LogP contribution < -0.4 is 0 Å². The second-order valence-corrected chi connectivity index (χ2v) is 22.4. The van der Waals surface area contributed by atoms with Crippen LogP contribution in [0.2, 0.25) is 0 Å². The van der Waals surface area contributed by atoms with Gasteiger partial charge in [-0.05, 0) is 70.6 Å². The fourth-order valence-corrected chi connectivity index (χ4v) is 9.67. The number of esters is 3. The molecular formula is C72H126O6. The number of carbonyl (C=O) groups is 3. The highest BCUT2D eigenvalue weighted by Crippen LogP contribution is 2.18. The van der Waals surface area contributed by atoms with Crippen molar-refractivity contribution in [2.75, 3.05) is 13.2 Å². The fraction of sp³-hybridized carbons (Fsp3) is 0.764. The Balaban J connectivity index is 4.34. The average Bonchev–Trinajstić information content (AvgIpc) is 3.44. The molecule has 0 aliphatic heterocycles. The molecule has 6 nitrogen and oxygen atoms in total. The van der Waals surface area contributed by atoms with Gasteiger partial charge < -0.3 is 14.2 Å². The predicted octanol–water partition coefficient (Wildman–Crippen LogP) is 23.1. The van der Waals surface area contributed by atoms with Crippen molar-refractivity contribution in [3.05, 3.63) is 85.1 Å². The molecule has 0 aromatic carbocycles. The van der Waals surface area contributed by atoms with Gasteiger partial charge in [0.25, 0.3) is 0 Å². The second kappa shape index (κ2) is 66.1. The molecule has 0 aromatic heterocycles. The van der Waals surface area contributed by atoms with Crippen LogP contribution in [0, 0.1) is 0 Å². The second-order valence-electron chi connectivity index (χ2n) is 22.4. The predicted molar refractivity (Wildman–Crippen MR) is 339 cm³/mol. The largest absolute Gasteiger partial charge is 0.462 e. The summed E-state index contributed by atoms with van der Waals surface area (Å²) in [6.07, 6.45) is 87.6. The molecule has 1 atom stereocenters. The Labute approximate surface area is 484 Å². The van der Waals surface area contributed by atoms with E-state index in [9.17, 15) is 14.4 Å². The lowest BCUT2D eigenvalue weighted by Crippen LogP contribution is -2.30. The normalized spacial score (nSPS) is 12.6. The summed E-state index contributed by atoms with van der Waals surface area (Å²) >= 11 is 0. The number of ether oxygens (including phenoxy) is 3. The van der Waals surface area contributed by atoms with Gasteiger partial charge in [-0.1, -0.05) is 331 Å². The first kappa shape index (κ1) is 74.6. The lowest BCUT2D eigenvalue weighted by molar-refractivity contribution is -0.167. The summed E-state index contributed by atoms with van der Waals surface area (Å²) in [5.41, 5.74) is 0. The van der Waals surface area contributed by atoms with Crippen molar-refractivity contribution in [1.29, 1.82) is 0 Å². The summed E-state index contributed by atoms with van der Waals surface area (Å²) in [6, 6.07) is 0. The molecule has 0 amide bonds. The number of hydrogen-bond donors (Lipinski definition) is 0. The lowest BCUT2D eigenvalue weighted by atomic mass is 10.0. The maximum Gasteiger partial charge on any atom is 0.306 e. The van der Waals surface area contributed by atoms with Gasteiger partial charge in [0, 0.05) is 19.3 Å². The molecular weight excluding hydrogens is 961 g/mol. The van der Waals surface area contributed by atoms with Crippen LogP contribution >= 0.6 is 0 Å². The molecule has 0 aliphatic rings. The Morgan fingerprint density at radius 3 is 0.769 bits per heavy atom. The highest BCUT2D eigenvalue weighted by molar-refractivity contribution is 5.71. The Kier molecular flexibility index (Phi) is 63.2. The topological polar surface area (TPSA) is 78.9 Å². The smallest absolute Gasteiger partial charge is 0.306 e. The molecule has 6 heteroatoms. The van der Waals surface area contributed by atoms with Crippen molar-refractivity contribution in [2.45, 2.75) is 341 Å². The molecule has 0 bridgehead atoms. The van der Waals surface area contributed by atoms with Crippen LogP contribution in [0.25, 0.3) is 0 Å². The summed E-state index contributed by atoms with van der Waals surface area (Å²) in [7, 11) is 0. The Bertz CT molecular complexity index is 1480. The first-order chi connectivity index (χ1) is 38.5. The first-order valence-corrected chi connectivity index (χ1v) is 33.6. The zero-order valence-corrected chi connectivity index (χ0v) is 51.7. The van der Waals surface area contributed by atoms with Gasteiger partial charge in [0.2, 0.25) is 0 Å². The van der Waals surface area contributed by atoms with Crippen LogP contribution in [0.4, 0.5) is 0 Å². The maximum absolute atomic E-state index is 12.9. The van der Waals surface area contributed by atoms with Crippen molar-refractivity contribution in [3.63, 3.8) is 0 Å². The molecule has 0 heterocycles. The van der Waals surface area contributed by atoms with Crippen molar-refractivity contribution in [2.24, 2.45) is 0 Å². The summed E-state index contributed by atoms with van der Waals surface area (Å²) < 4.78 is 16.9. The van der Waals surface area contributed by atoms with Crippen LogP contribution in [-0.2, 0) is 28.6 Å². The van der Waals surface area contributed by atoms with Gasteiger partial charge in [-0.2, -0.15) is 0 Å². The van der Waals surface area contributed by atoms with Crippen molar-refractivity contribution >= 4 is 17.9 Å². The quantitative estimate of drug-likeness (QED) is 0.0261. The first-order valence-electron chi connectivity index (χ1n) is 33.6. The lowest BCUT2D eigenvalue weighted by Gasteiger charge is -2.18. The Hall–Kier alpha value is -3.41. The van der Waals surface area contributed by atoms with E-state index < -0.39 is 6.10 Å². The van der Waals surface area contributed by atoms with E-state index in [1.807, 2.05) is 0 Å². The molecule has 450 valence electrons. The third-order valence-corrected chi connectivity index (χ3v) is 14.7. The summed E-state index contributed by atoms with van der Waals surface area (Å²) in [6.45, 7) is 6.52. The minimum atomic E-state index is -0.805. The van der Waals surface area contributed by atoms with Crippen molar-refractivity contribution in [1.82, 2.24) is 0 Å². The van der Waals surface area contributed by atoms with Gasteiger partial charge in [-0.3, -0.25) is 14.4 Å². The van der Waals surface area contributed by atoms with E-state index in [4.69, 9.17) is 14.2 Å². The molecule has 0 saturated carbocycles. The summed E-state index contributed by atoms with van der Waals surface area (Å²) in [4.78, 5) is 38.3. The highest BCUT2D eigenvalue weighted by atomic mass is 16.6. The zero-order valence-electron chi connectivity index (χ0n) is 51.7. The van der Waals surface area contributed by atoms with Crippen LogP contribution in [0.5, 0.6) is 0 Å². The molecule has 1 unspecified atom stereocenters. The SMILES string of the molecule is CC/C=C\C/C=C\C/C=C\C/C=C\C/C=C\C/C=C\C/C=C\CCCC(=O)OC(COC(=O)CCCCCCCCCCCCCC)COC(=O)CCCCCCCCCCCCCCCCCCCCCCCCCCC. The van der Waals surface area contributed by atoms with E-state index in [2.05, 4.69) is 106 Å². The van der Waals surface area contributed by atoms with Gasteiger partial charge in [0.05, 0.1) is 0 Å². The number of rotatable bonds is 61. The maximum atomic E-state index is 12.9. The highest BCUT2D eigenvalue weighted by Gasteiger charge is 2.19. The number of carbonyl (C=O) groups excluding carboxylic acids is 3. The minimum Gasteiger partial charge on any atom is -0.462 e. The molecule has 0 radical (unpaired) electrons. The Morgan fingerprint density at radius 2 is 0.500 bits per heavy atom. The third kappa shape index (κ3) is 63.4. The zero-order chi connectivity index (χ0) is 56.4. The van der Waals surface area contributed by atoms with Crippen LogP contribution in [0.3, 0.4) is 0 Å². The monoisotopic (exact) mass is 1090 g/mol. The van der Waals surface area contributed by atoms with Crippen LogP contribution in [0.1, 0.15) is 335 Å². The van der Waals surface area contributed by atoms with Gasteiger partial charge in [0.15, 0.2) is 6.10 Å². The number of unbranched alkanes of at least 4 members (excludes halogenated alkanes) is 36. The third-order valence-electron chi connectivity index (χ3n) is 14.7. The van der Waals surface area contributed by atoms with E-state index >= 15 is 0 Å².